The SMILES string of the molecule is CCOc1ccc(-c2n[nH]c(=S)n2CCC(=O)NCC2(c3ccccc3)CC2)cc1. The van der Waals surface area contributed by atoms with Crippen LogP contribution in [0.1, 0.15) is 31.7 Å². The normalized spacial score (nSPS) is 14.3. The highest BCUT2D eigenvalue weighted by Gasteiger charge is 2.44. The van der Waals surface area contributed by atoms with Crippen molar-refractivity contribution in [2.45, 2.75) is 38.1 Å². The van der Waals surface area contributed by atoms with E-state index >= 15 is 0 Å². The first-order valence-electron chi connectivity index (χ1n) is 10.3. The van der Waals surface area contributed by atoms with Crippen molar-refractivity contribution in [2.24, 2.45) is 0 Å². The van der Waals surface area contributed by atoms with Crippen molar-refractivity contribution in [3.05, 3.63) is 64.9 Å². The Morgan fingerprint density at radius 2 is 1.93 bits per heavy atom. The highest BCUT2D eigenvalue weighted by atomic mass is 32.1. The molecule has 0 atom stereocenters. The number of nitrogens with one attached hydrogen (secondary N) is 2. The minimum absolute atomic E-state index is 0.0259. The van der Waals surface area contributed by atoms with Crippen LogP contribution in [-0.4, -0.2) is 33.8 Å². The molecule has 1 fully saturated rings. The molecule has 1 aliphatic carbocycles. The minimum Gasteiger partial charge on any atom is -0.494 e. The smallest absolute Gasteiger partial charge is 0.221 e. The predicted octanol–water partition coefficient (Wildman–Crippen LogP) is 4.24. The molecule has 0 unspecified atom stereocenters. The Kier molecular flexibility index (Phi) is 5.99. The van der Waals surface area contributed by atoms with E-state index in [4.69, 9.17) is 17.0 Å². The molecular formula is C23H26N4O2S. The molecule has 3 aromatic rings. The van der Waals surface area contributed by atoms with Crippen molar-refractivity contribution in [3.8, 4) is 17.1 Å². The molecule has 156 valence electrons. The first-order valence-corrected chi connectivity index (χ1v) is 10.7. The average molecular weight is 423 g/mol. The zero-order chi connectivity index (χ0) is 21.0. The highest BCUT2D eigenvalue weighted by Crippen LogP contribution is 2.47. The molecule has 2 aromatic carbocycles. The summed E-state index contributed by atoms with van der Waals surface area (Å²) in [5, 5.41) is 10.3. The fourth-order valence-electron chi connectivity index (χ4n) is 3.69. The number of rotatable bonds is 9. The molecule has 1 aromatic heterocycles. The third kappa shape index (κ3) is 4.46. The van der Waals surface area contributed by atoms with Crippen LogP contribution in [0.2, 0.25) is 0 Å². The van der Waals surface area contributed by atoms with Gasteiger partial charge in [0, 0.05) is 30.5 Å². The van der Waals surface area contributed by atoms with E-state index in [0.29, 0.717) is 30.9 Å². The summed E-state index contributed by atoms with van der Waals surface area (Å²) in [6.07, 6.45) is 2.58. The molecule has 0 spiro atoms. The van der Waals surface area contributed by atoms with Crippen LogP contribution in [-0.2, 0) is 16.8 Å². The first-order chi connectivity index (χ1) is 14.6. The van der Waals surface area contributed by atoms with E-state index in [2.05, 4.69) is 39.8 Å². The quantitative estimate of drug-likeness (QED) is 0.506. The number of amides is 1. The monoisotopic (exact) mass is 422 g/mol. The summed E-state index contributed by atoms with van der Waals surface area (Å²) in [5.74, 6) is 1.56. The molecule has 4 rings (SSSR count). The maximum atomic E-state index is 12.5. The maximum absolute atomic E-state index is 12.5. The van der Waals surface area contributed by atoms with Gasteiger partial charge in [0.15, 0.2) is 10.6 Å². The summed E-state index contributed by atoms with van der Waals surface area (Å²) in [7, 11) is 0. The first kappa shape index (κ1) is 20.3. The number of benzene rings is 2. The lowest BCUT2D eigenvalue weighted by Crippen LogP contribution is -2.32. The molecular weight excluding hydrogens is 396 g/mol. The van der Waals surface area contributed by atoms with Gasteiger partial charge < -0.3 is 10.1 Å². The van der Waals surface area contributed by atoms with Gasteiger partial charge in [0.05, 0.1) is 6.61 Å². The third-order valence-corrected chi connectivity index (χ3v) is 5.92. The van der Waals surface area contributed by atoms with Gasteiger partial charge in [0.25, 0.3) is 0 Å². The Balaban J connectivity index is 1.37. The number of aromatic amines is 1. The van der Waals surface area contributed by atoms with Crippen LogP contribution in [0.3, 0.4) is 0 Å². The molecule has 1 aliphatic rings. The lowest BCUT2D eigenvalue weighted by atomic mass is 9.96. The lowest BCUT2D eigenvalue weighted by Gasteiger charge is -2.16. The highest BCUT2D eigenvalue weighted by molar-refractivity contribution is 7.71. The van der Waals surface area contributed by atoms with Crippen molar-refractivity contribution in [3.63, 3.8) is 0 Å². The second-order valence-electron chi connectivity index (χ2n) is 7.63. The Morgan fingerprint density at radius 1 is 1.20 bits per heavy atom. The minimum atomic E-state index is 0.0259. The Hall–Kier alpha value is -2.93. The number of carbonyl (C=O) groups is 1. The number of aromatic nitrogens is 3. The third-order valence-electron chi connectivity index (χ3n) is 5.61. The number of ether oxygens (including phenoxy) is 1. The van der Waals surface area contributed by atoms with Crippen LogP contribution in [0, 0.1) is 4.77 Å². The molecule has 2 N–H and O–H groups in total. The maximum Gasteiger partial charge on any atom is 0.221 e. The van der Waals surface area contributed by atoms with Crippen LogP contribution in [0.5, 0.6) is 5.75 Å². The molecule has 1 amide bonds. The second-order valence-corrected chi connectivity index (χ2v) is 8.02. The van der Waals surface area contributed by atoms with Gasteiger partial charge in [-0.2, -0.15) is 5.10 Å². The number of H-pyrrole nitrogens is 1. The van der Waals surface area contributed by atoms with Gasteiger partial charge in [-0.3, -0.25) is 14.5 Å². The summed E-state index contributed by atoms with van der Waals surface area (Å²) < 4.78 is 7.87. The van der Waals surface area contributed by atoms with E-state index in [1.165, 1.54) is 5.56 Å². The molecule has 0 aliphatic heterocycles. The Bertz CT molecular complexity index is 1050. The number of nitrogens with zero attached hydrogens (tertiary/aromatic N) is 2. The number of hydrogen-bond acceptors (Lipinski definition) is 4. The van der Waals surface area contributed by atoms with Crippen LogP contribution in [0.4, 0.5) is 0 Å². The molecule has 30 heavy (non-hydrogen) atoms. The standard InChI is InChI=1S/C23H26N4O2S/c1-2-29-19-10-8-17(9-11-19)21-25-26-22(30)27(21)15-12-20(28)24-16-23(13-14-23)18-6-4-3-5-7-18/h3-11H,2,12-16H2,1H3,(H,24,28)(H,26,30). The van der Waals surface area contributed by atoms with E-state index in [-0.39, 0.29) is 11.3 Å². The van der Waals surface area contributed by atoms with Crippen LogP contribution in [0.15, 0.2) is 54.6 Å². The lowest BCUT2D eigenvalue weighted by molar-refractivity contribution is -0.121. The van der Waals surface area contributed by atoms with Gasteiger partial charge in [-0.15, -0.1) is 0 Å². The van der Waals surface area contributed by atoms with Gasteiger partial charge >= 0.3 is 0 Å². The Morgan fingerprint density at radius 3 is 2.60 bits per heavy atom. The average Bonchev–Trinajstić information content (AvgIpc) is 3.49. The second kappa shape index (κ2) is 8.83. The molecule has 7 heteroatoms. The van der Waals surface area contributed by atoms with E-state index < -0.39 is 0 Å². The summed E-state index contributed by atoms with van der Waals surface area (Å²) in [6.45, 7) is 3.73. The summed E-state index contributed by atoms with van der Waals surface area (Å²) in [6, 6.07) is 18.1. The molecule has 0 saturated heterocycles. The number of hydrogen-bond donors (Lipinski definition) is 2. The molecule has 1 heterocycles. The fourth-order valence-corrected chi connectivity index (χ4v) is 3.92. The van der Waals surface area contributed by atoms with Crippen molar-refractivity contribution < 1.29 is 9.53 Å². The summed E-state index contributed by atoms with van der Waals surface area (Å²) in [4.78, 5) is 12.5. The van der Waals surface area contributed by atoms with E-state index in [9.17, 15) is 4.79 Å². The number of carbonyl (C=O) groups excluding carboxylic acids is 1. The molecule has 1 saturated carbocycles. The predicted molar refractivity (Wildman–Crippen MR) is 119 cm³/mol. The zero-order valence-electron chi connectivity index (χ0n) is 17.1. The Labute approximate surface area is 181 Å². The van der Waals surface area contributed by atoms with Gasteiger partial charge in [-0.05, 0) is 61.8 Å². The van der Waals surface area contributed by atoms with Crippen molar-refractivity contribution in [1.82, 2.24) is 20.1 Å². The van der Waals surface area contributed by atoms with Crippen molar-refractivity contribution in [2.75, 3.05) is 13.2 Å². The topological polar surface area (TPSA) is 71.9 Å². The van der Waals surface area contributed by atoms with Crippen LogP contribution < -0.4 is 10.1 Å². The summed E-state index contributed by atoms with van der Waals surface area (Å²) >= 11 is 5.38. The molecule has 6 nitrogen and oxygen atoms in total. The fraction of sp³-hybridized carbons (Fsp3) is 0.348. The van der Waals surface area contributed by atoms with E-state index in [0.717, 1.165) is 30.0 Å². The largest absolute Gasteiger partial charge is 0.494 e. The summed E-state index contributed by atoms with van der Waals surface area (Å²) in [5.41, 5.74) is 2.34. The van der Waals surface area contributed by atoms with Gasteiger partial charge in [0.1, 0.15) is 5.75 Å². The van der Waals surface area contributed by atoms with Crippen LogP contribution >= 0.6 is 12.2 Å². The van der Waals surface area contributed by atoms with E-state index in [1.807, 2.05) is 41.8 Å². The van der Waals surface area contributed by atoms with Crippen LogP contribution in [0.25, 0.3) is 11.4 Å². The van der Waals surface area contributed by atoms with Gasteiger partial charge in [-0.1, -0.05) is 30.3 Å². The molecule has 0 bridgehead atoms. The van der Waals surface area contributed by atoms with Crippen molar-refractivity contribution >= 4 is 18.1 Å². The van der Waals surface area contributed by atoms with Crippen molar-refractivity contribution in [1.29, 1.82) is 0 Å². The van der Waals surface area contributed by atoms with E-state index in [1.54, 1.807) is 0 Å². The zero-order valence-corrected chi connectivity index (χ0v) is 17.9. The van der Waals surface area contributed by atoms with Gasteiger partial charge in [-0.25, -0.2) is 0 Å². The molecule has 0 radical (unpaired) electrons. The van der Waals surface area contributed by atoms with Gasteiger partial charge in [0.2, 0.25) is 5.91 Å².